The summed E-state index contributed by atoms with van der Waals surface area (Å²) >= 11 is 0. The fourth-order valence-electron chi connectivity index (χ4n) is 5.93. The van der Waals surface area contributed by atoms with Gasteiger partial charge in [0.25, 0.3) is 0 Å². The smallest absolute Gasteiger partial charge is 0.306 e. The molecule has 1 unspecified atom stereocenters. The second-order valence-electron chi connectivity index (χ2n) is 13.0. The second kappa shape index (κ2) is 35.8. The van der Waals surface area contributed by atoms with Crippen molar-refractivity contribution in [3.63, 3.8) is 0 Å². The van der Waals surface area contributed by atoms with Crippen molar-refractivity contribution in [2.45, 2.75) is 200 Å². The van der Waals surface area contributed by atoms with Crippen LogP contribution in [0.2, 0.25) is 0 Å². The first kappa shape index (κ1) is 42.3. The van der Waals surface area contributed by atoms with Gasteiger partial charge < -0.3 is 19.5 Å². The normalized spacial score (nSPS) is 12.3. The third kappa shape index (κ3) is 32.6. The van der Waals surface area contributed by atoms with E-state index in [1.54, 1.807) is 0 Å². The van der Waals surface area contributed by atoms with Gasteiger partial charge in [-0.3, -0.25) is 4.79 Å². The van der Waals surface area contributed by atoms with Gasteiger partial charge >= 0.3 is 5.97 Å². The molecule has 0 aliphatic rings. The molecule has 0 aromatic carbocycles. The highest BCUT2D eigenvalue weighted by Crippen LogP contribution is 2.16. The number of carbonyl (C=O) groups excluding carboxylic acids is 1. The van der Waals surface area contributed by atoms with Gasteiger partial charge in [-0.15, -0.1) is 0 Å². The molecule has 258 valence electrons. The Hall–Kier alpha value is -0.650. The van der Waals surface area contributed by atoms with E-state index in [0.29, 0.717) is 6.42 Å². The molecule has 1 atom stereocenters. The molecule has 0 saturated heterocycles. The first-order chi connectivity index (χ1) is 21.2. The van der Waals surface area contributed by atoms with Crippen LogP contribution in [0.4, 0.5) is 0 Å². The summed E-state index contributed by atoms with van der Waals surface area (Å²) < 4.78 is 11.7. The molecule has 5 heteroatoms. The van der Waals surface area contributed by atoms with Crippen LogP contribution in [0.5, 0.6) is 0 Å². The monoisotopic (exact) mass is 612 g/mol. The average molecular weight is 612 g/mol. The van der Waals surface area contributed by atoms with Crippen LogP contribution in [0.3, 0.4) is 0 Å². The number of ether oxygens (including phenoxy) is 2. The second-order valence-corrected chi connectivity index (χ2v) is 13.0. The molecule has 0 bridgehead atoms. The number of unbranched alkanes of at least 4 members (excludes halogenated alkanes) is 19. The SMILES string of the molecule is CCCCCCCCCOCCCCCCCN(CCO)CCCCCCCC(=O)OC(CCC)CCCCCCCC. The minimum atomic E-state index is 0.00887. The Kier molecular flexibility index (Phi) is 35.3. The zero-order valence-electron chi connectivity index (χ0n) is 29.5. The van der Waals surface area contributed by atoms with Gasteiger partial charge in [0.2, 0.25) is 0 Å². The van der Waals surface area contributed by atoms with E-state index in [2.05, 4.69) is 25.7 Å². The van der Waals surface area contributed by atoms with E-state index in [4.69, 9.17) is 9.47 Å². The molecule has 0 aliphatic heterocycles. The lowest BCUT2D eigenvalue weighted by atomic mass is 10.0. The van der Waals surface area contributed by atoms with Crippen LogP contribution < -0.4 is 0 Å². The Bertz CT molecular complexity index is 544. The van der Waals surface area contributed by atoms with E-state index in [0.717, 1.165) is 65.0 Å². The van der Waals surface area contributed by atoms with Crippen molar-refractivity contribution >= 4 is 5.97 Å². The highest BCUT2D eigenvalue weighted by atomic mass is 16.5. The highest BCUT2D eigenvalue weighted by Gasteiger charge is 2.13. The Morgan fingerprint density at radius 3 is 1.51 bits per heavy atom. The molecule has 0 amide bonds. The summed E-state index contributed by atoms with van der Waals surface area (Å²) in [5.41, 5.74) is 0. The molecular formula is C38H77NO4. The van der Waals surface area contributed by atoms with Crippen LogP contribution in [-0.2, 0) is 14.3 Å². The van der Waals surface area contributed by atoms with E-state index in [9.17, 15) is 9.90 Å². The number of aliphatic hydroxyl groups is 1. The van der Waals surface area contributed by atoms with Crippen LogP contribution in [0.25, 0.3) is 0 Å². The van der Waals surface area contributed by atoms with Crippen LogP contribution in [0, 0.1) is 0 Å². The molecule has 0 aliphatic carbocycles. The summed E-state index contributed by atoms with van der Waals surface area (Å²) in [6.45, 7) is 11.8. The van der Waals surface area contributed by atoms with Gasteiger partial charge in [0.05, 0.1) is 6.61 Å². The standard InChI is InChI=1S/C38H77NO4/c1-4-7-9-11-13-20-26-35-42-36-27-21-15-19-25-32-39(33-34-40)31-24-18-14-17-23-30-38(41)43-37(28-6-3)29-22-16-12-10-8-5-2/h37,40H,4-36H2,1-3H3. The molecule has 1 N–H and O–H groups in total. The zero-order valence-corrected chi connectivity index (χ0v) is 29.5. The van der Waals surface area contributed by atoms with E-state index in [-0.39, 0.29) is 18.7 Å². The largest absolute Gasteiger partial charge is 0.462 e. The van der Waals surface area contributed by atoms with Gasteiger partial charge in [-0.1, -0.05) is 136 Å². The topological polar surface area (TPSA) is 59.0 Å². The van der Waals surface area contributed by atoms with Gasteiger partial charge in [-0.25, -0.2) is 0 Å². The third-order valence-corrected chi connectivity index (χ3v) is 8.72. The molecule has 5 nitrogen and oxygen atoms in total. The number of esters is 1. The number of carbonyl (C=O) groups is 1. The van der Waals surface area contributed by atoms with E-state index in [1.165, 1.54) is 135 Å². The summed E-state index contributed by atoms with van der Waals surface area (Å²) in [7, 11) is 0. The van der Waals surface area contributed by atoms with Crippen LogP contribution in [0.1, 0.15) is 194 Å². The van der Waals surface area contributed by atoms with E-state index in [1.807, 2.05) is 0 Å². The van der Waals surface area contributed by atoms with Crippen LogP contribution in [0.15, 0.2) is 0 Å². The maximum Gasteiger partial charge on any atom is 0.306 e. The van der Waals surface area contributed by atoms with Gasteiger partial charge in [-0.05, 0) is 64.5 Å². The maximum absolute atomic E-state index is 12.4. The molecule has 43 heavy (non-hydrogen) atoms. The number of rotatable bonds is 36. The molecule has 0 spiro atoms. The molecule has 0 aromatic heterocycles. The lowest BCUT2D eigenvalue weighted by Gasteiger charge is -2.21. The summed E-state index contributed by atoms with van der Waals surface area (Å²) in [4.78, 5) is 14.8. The summed E-state index contributed by atoms with van der Waals surface area (Å²) in [5.74, 6) is 0.00887. The summed E-state index contributed by atoms with van der Waals surface area (Å²) in [6.07, 6.45) is 32.8. The first-order valence-electron chi connectivity index (χ1n) is 19.3. The summed E-state index contributed by atoms with van der Waals surface area (Å²) in [6, 6.07) is 0. The number of hydrogen-bond acceptors (Lipinski definition) is 5. The summed E-state index contributed by atoms with van der Waals surface area (Å²) in [5, 5.41) is 9.47. The molecule has 0 heterocycles. The minimum Gasteiger partial charge on any atom is -0.462 e. The third-order valence-electron chi connectivity index (χ3n) is 8.72. The zero-order chi connectivity index (χ0) is 31.5. The quantitative estimate of drug-likeness (QED) is 0.0564. The van der Waals surface area contributed by atoms with Gasteiger partial charge in [0.15, 0.2) is 0 Å². The molecule has 0 fully saturated rings. The van der Waals surface area contributed by atoms with Crippen molar-refractivity contribution in [3.8, 4) is 0 Å². The van der Waals surface area contributed by atoms with E-state index >= 15 is 0 Å². The number of hydrogen-bond donors (Lipinski definition) is 1. The van der Waals surface area contributed by atoms with Crippen molar-refractivity contribution < 1.29 is 19.4 Å². The predicted octanol–water partition coefficient (Wildman–Crippen LogP) is 10.8. The number of nitrogens with zero attached hydrogens (tertiary/aromatic N) is 1. The van der Waals surface area contributed by atoms with Crippen LogP contribution >= 0.6 is 0 Å². The fraction of sp³-hybridized carbons (Fsp3) is 0.974. The molecule has 0 radical (unpaired) electrons. The van der Waals surface area contributed by atoms with Crippen molar-refractivity contribution in [1.82, 2.24) is 4.90 Å². The number of aliphatic hydroxyl groups excluding tert-OH is 1. The molecule has 0 aromatic rings. The lowest BCUT2D eigenvalue weighted by molar-refractivity contribution is -0.150. The van der Waals surface area contributed by atoms with Gasteiger partial charge in [0.1, 0.15) is 6.10 Å². The Labute approximate surface area is 269 Å². The Morgan fingerprint density at radius 2 is 1.00 bits per heavy atom. The van der Waals surface area contributed by atoms with Gasteiger partial charge in [-0.2, -0.15) is 0 Å². The molecule has 0 rings (SSSR count). The first-order valence-corrected chi connectivity index (χ1v) is 19.3. The molecule has 0 saturated carbocycles. The minimum absolute atomic E-state index is 0.00887. The van der Waals surface area contributed by atoms with Crippen LogP contribution in [-0.4, -0.2) is 61.5 Å². The molecular weight excluding hydrogens is 534 g/mol. The fourth-order valence-corrected chi connectivity index (χ4v) is 5.93. The van der Waals surface area contributed by atoms with Gasteiger partial charge in [0, 0.05) is 26.2 Å². The Morgan fingerprint density at radius 1 is 0.535 bits per heavy atom. The highest BCUT2D eigenvalue weighted by molar-refractivity contribution is 5.69. The average Bonchev–Trinajstić information content (AvgIpc) is 3.00. The van der Waals surface area contributed by atoms with Crippen molar-refractivity contribution in [3.05, 3.63) is 0 Å². The van der Waals surface area contributed by atoms with E-state index < -0.39 is 0 Å². The lowest BCUT2D eigenvalue weighted by Crippen LogP contribution is -2.29. The van der Waals surface area contributed by atoms with Crippen molar-refractivity contribution in [1.29, 1.82) is 0 Å². The van der Waals surface area contributed by atoms with Crippen molar-refractivity contribution in [2.24, 2.45) is 0 Å². The Balaban J connectivity index is 3.68. The van der Waals surface area contributed by atoms with Crippen molar-refractivity contribution in [2.75, 3.05) is 39.5 Å². The maximum atomic E-state index is 12.4. The predicted molar refractivity (Wildman–Crippen MR) is 186 cm³/mol.